The zero-order valence-electron chi connectivity index (χ0n) is 17.7. The van der Waals surface area contributed by atoms with E-state index in [-0.39, 0.29) is 11.6 Å². The summed E-state index contributed by atoms with van der Waals surface area (Å²) in [7, 11) is 0. The van der Waals surface area contributed by atoms with Crippen molar-refractivity contribution >= 4 is 86.0 Å². The number of benzene rings is 3. The van der Waals surface area contributed by atoms with Crippen LogP contribution in [0, 0.1) is 0 Å². The molecule has 0 spiro atoms. The lowest BCUT2D eigenvalue weighted by molar-refractivity contribution is -0.136. The van der Waals surface area contributed by atoms with E-state index in [2.05, 4.69) is 37.1 Å². The van der Waals surface area contributed by atoms with Gasteiger partial charge in [-0.3, -0.25) is 14.4 Å². The molecule has 0 heterocycles. The molecule has 0 radical (unpaired) electrons. The van der Waals surface area contributed by atoms with Crippen LogP contribution in [-0.4, -0.2) is 30.5 Å². The summed E-state index contributed by atoms with van der Waals surface area (Å²) < 4.78 is 6.29. The van der Waals surface area contributed by atoms with Crippen LogP contribution in [0.5, 0.6) is 5.75 Å². The number of amides is 3. The number of ether oxygens (including phenoxy) is 1. The average Bonchev–Trinajstić information content (AvgIpc) is 2.81. The van der Waals surface area contributed by atoms with Gasteiger partial charge in [-0.15, -0.1) is 0 Å². The van der Waals surface area contributed by atoms with Gasteiger partial charge in [-0.2, -0.15) is 5.10 Å². The second-order valence-corrected chi connectivity index (χ2v) is 8.92. The van der Waals surface area contributed by atoms with Crippen molar-refractivity contribution in [1.29, 1.82) is 0 Å². The summed E-state index contributed by atoms with van der Waals surface area (Å²) in [5.41, 5.74) is 3.28. The van der Waals surface area contributed by atoms with Gasteiger partial charge in [0.15, 0.2) is 6.61 Å². The molecule has 0 aromatic heterocycles. The number of hydrogen-bond donors (Lipinski definition) is 3. The van der Waals surface area contributed by atoms with E-state index in [0.717, 1.165) is 0 Å². The number of carbonyl (C=O) groups is 3. The zero-order chi connectivity index (χ0) is 25.4. The Morgan fingerprint density at radius 3 is 2.49 bits per heavy atom. The van der Waals surface area contributed by atoms with Gasteiger partial charge in [-0.25, -0.2) is 5.43 Å². The maximum absolute atomic E-state index is 12.3. The molecule has 12 heteroatoms. The molecular weight excluding hydrogens is 583 g/mol. The number of halogens is 4. The van der Waals surface area contributed by atoms with Crippen molar-refractivity contribution in [3.63, 3.8) is 0 Å². The Morgan fingerprint density at radius 1 is 0.943 bits per heavy atom. The first-order chi connectivity index (χ1) is 16.7. The largest absolute Gasteiger partial charge is 0.483 e. The minimum Gasteiger partial charge on any atom is -0.483 e. The van der Waals surface area contributed by atoms with Crippen LogP contribution in [0.15, 0.2) is 70.2 Å². The molecule has 3 rings (SSSR count). The number of carbonyl (C=O) groups excluding carboxylic acids is 3. The maximum Gasteiger partial charge on any atom is 0.329 e. The van der Waals surface area contributed by atoms with Gasteiger partial charge in [-0.05, 0) is 48.5 Å². The molecule has 0 aliphatic carbocycles. The number of nitrogens with one attached hydrogen (secondary N) is 3. The van der Waals surface area contributed by atoms with Crippen molar-refractivity contribution in [3.8, 4) is 5.75 Å². The summed E-state index contributed by atoms with van der Waals surface area (Å²) in [5, 5.41) is 9.75. The van der Waals surface area contributed by atoms with Crippen molar-refractivity contribution in [3.05, 3.63) is 85.8 Å². The second kappa shape index (κ2) is 12.6. The fraction of sp³-hybridized carbons (Fsp3) is 0.0435. The van der Waals surface area contributed by atoms with Gasteiger partial charge in [0, 0.05) is 20.7 Å². The lowest BCUT2D eigenvalue weighted by Crippen LogP contribution is -2.32. The van der Waals surface area contributed by atoms with E-state index in [1.807, 2.05) is 0 Å². The van der Waals surface area contributed by atoms with Gasteiger partial charge >= 0.3 is 11.8 Å². The molecule has 3 amide bonds. The van der Waals surface area contributed by atoms with Crippen LogP contribution in [0.25, 0.3) is 0 Å². The van der Waals surface area contributed by atoms with Crippen molar-refractivity contribution in [2.24, 2.45) is 5.10 Å². The number of nitrogens with zero attached hydrogens (tertiary/aromatic N) is 1. The second-order valence-electron chi connectivity index (χ2n) is 6.78. The number of rotatable bonds is 7. The van der Waals surface area contributed by atoms with Crippen LogP contribution in [0.2, 0.25) is 15.1 Å². The quantitative estimate of drug-likeness (QED) is 0.189. The Morgan fingerprint density at radius 2 is 1.71 bits per heavy atom. The third kappa shape index (κ3) is 7.97. The minimum absolute atomic E-state index is 0.217. The monoisotopic (exact) mass is 596 g/mol. The van der Waals surface area contributed by atoms with E-state index in [1.165, 1.54) is 12.3 Å². The molecule has 180 valence electrons. The highest BCUT2D eigenvalue weighted by Crippen LogP contribution is 2.29. The molecule has 35 heavy (non-hydrogen) atoms. The van der Waals surface area contributed by atoms with E-state index < -0.39 is 17.7 Å². The van der Waals surface area contributed by atoms with E-state index in [1.54, 1.807) is 54.6 Å². The fourth-order valence-electron chi connectivity index (χ4n) is 2.65. The highest BCUT2D eigenvalue weighted by molar-refractivity contribution is 9.10. The highest BCUT2D eigenvalue weighted by Gasteiger charge is 2.14. The molecule has 0 aliphatic heterocycles. The molecule has 0 saturated heterocycles. The standard InChI is InChI=1S/C23H16BrCl3N4O4/c24-14-7-8-19(35-12-20(32)30-18-6-2-5-17(26)21(18)27)13(9-14)11-28-31-23(34)22(33)29-16-4-1-3-15(25)10-16/h1-11H,12H2,(H,29,33)(H,30,32)(H,31,34)/b28-11-. The fourth-order valence-corrected chi connectivity index (χ4v) is 3.56. The Bertz CT molecular complexity index is 1300. The number of hydrogen-bond acceptors (Lipinski definition) is 5. The van der Waals surface area contributed by atoms with Crippen molar-refractivity contribution in [2.45, 2.75) is 0 Å². The Balaban J connectivity index is 1.59. The third-order valence-electron chi connectivity index (χ3n) is 4.21. The number of anilines is 2. The summed E-state index contributed by atoms with van der Waals surface area (Å²) in [6.07, 6.45) is 1.27. The first kappa shape index (κ1) is 26.5. The molecule has 0 atom stereocenters. The van der Waals surface area contributed by atoms with Crippen molar-refractivity contribution in [2.75, 3.05) is 17.2 Å². The molecule has 0 unspecified atom stereocenters. The lowest BCUT2D eigenvalue weighted by Gasteiger charge is -2.11. The molecule has 0 saturated carbocycles. The molecular formula is C23H16BrCl3N4O4. The predicted octanol–water partition coefficient (Wildman–Crippen LogP) is 5.52. The van der Waals surface area contributed by atoms with Gasteiger partial charge in [0.25, 0.3) is 5.91 Å². The number of hydrazone groups is 1. The van der Waals surface area contributed by atoms with Crippen LogP contribution in [-0.2, 0) is 14.4 Å². The van der Waals surface area contributed by atoms with Gasteiger partial charge in [-0.1, -0.05) is 62.9 Å². The molecule has 3 aromatic rings. The van der Waals surface area contributed by atoms with Crippen LogP contribution < -0.4 is 20.8 Å². The lowest BCUT2D eigenvalue weighted by atomic mass is 10.2. The molecule has 0 aliphatic rings. The topological polar surface area (TPSA) is 109 Å². The van der Waals surface area contributed by atoms with Crippen molar-refractivity contribution in [1.82, 2.24) is 5.43 Å². The molecule has 8 nitrogen and oxygen atoms in total. The molecule has 3 aromatic carbocycles. The third-order valence-corrected chi connectivity index (χ3v) is 5.76. The summed E-state index contributed by atoms with van der Waals surface area (Å²) in [6, 6.07) is 16.2. The van der Waals surface area contributed by atoms with Crippen LogP contribution in [0.1, 0.15) is 5.56 Å². The van der Waals surface area contributed by atoms with E-state index in [0.29, 0.717) is 37.2 Å². The molecule has 3 N–H and O–H groups in total. The average molecular weight is 599 g/mol. The summed E-state index contributed by atoms with van der Waals surface area (Å²) >= 11 is 21.2. The van der Waals surface area contributed by atoms with Crippen molar-refractivity contribution < 1.29 is 19.1 Å². The predicted molar refractivity (Wildman–Crippen MR) is 141 cm³/mol. The SMILES string of the molecule is O=C(COc1ccc(Br)cc1/C=N\NC(=O)C(=O)Nc1cccc(Cl)c1)Nc1cccc(Cl)c1Cl. The smallest absolute Gasteiger partial charge is 0.329 e. The first-order valence-corrected chi connectivity index (χ1v) is 11.7. The Hall–Kier alpha value is -3.11. The normalized spacial score (nSPS) is 10.6. The van der Waals surface area contributed by atoms with Gasteiger partial charge < -0.3 is 15.4 Å². The van der Waals surface area contributed by atoms with Gasteiger partial charge in [0.2, 0.25) is 0 Å². The highest BCUT2D eigenvalue weighted by atomic mass is 79.9. The molecule has 0 fully saturated rings. The van der Waals surface area contributed by atoms with Crippen LogP contribution in [0.3, 0.4) is 0 Å². The summed E-state index contributed by atoms with van der Waals surface area (Å²) in [5.74, 6) is -2.07. The molecule has 0 bridgehead atoms. The minimum atomic E-state index is -0.989. The van der Waals surface area contributed by atoms with Gasteiger partial charge in [0.1, 0.15) is 5.75 Å². The Kier molecular flexibility index (Phi) is 9.50. The van der Waals surface area contributed by atoms with E-state index in [9.17, 15) is 14.4 Å². The van der Waals surface area contributed by atoms with Gasteiger partial charge in [0.05, 0.1) is 21.9 Å². The maximum atomic E-state index is 12.3. The summed E-state index contributed by atoms with van der Waals surface area (Å²) in [6.45, 7) is -0.334. The summed E-state index contributed by atoms with van der Waals surface area (Å²) in [4.78, 5) is 36.3. The van der Waals surface area contributed by atoms with E-state index >= 15 is 0 Å². The van der Waals surface area contributed by atoms with Crippen LogP contribution >= 0.6 is 50.7 Å². The van der Waals surface area contributed by atoms with Crippen LogP contribution in [0.4, 0.5) is 11.4 Å². The first-order valence-electron chi connectivity index (χ1n) is 9.79. The Labute approximate surface area is 223 Å². The van der Waals surface area contributed by atoms with E-state index in [4.69, 9.17) is 39.5 Å². The zero-order valence-corrected chi connectivity index (χ0v) is 21.5.